The molecule has 2 saturated carbocycles. The van der Waals surface area contributed by atoms with Crippen LogP contribution in [0, 0.1) is 0 Å². The van der Waals surface area contributed by atoms with Crippen molar-refractivity contribution < 1.29 is 9.84 Å². The lowest BCUT2D eigenvalue weighted by molar-refractivity contribution is -0.102. The van der Waals surface area contributed by atoms with Crippen LogP contribution in [0.15, 0.2) is 0 Å². The van der Waals surface area contributed by atoms with Crippen molar-refractivity contribution in [3.05, 3.63) is 0 Å². The third-order valence-corrected chi connectivity index (χ3v) is 4.62. The SMILES string of the molecule is OC1CCC(N2CCOC3CCCCC32)C1. The van der Waals surface area contributed by atoms with Gasteiger partial charge in [-0.3, -0.25) is 4.90 Å². The fourth-order valence-corrected chi connectivity index (χ4v) is 3.82. The highest BCUT2D eigenvalue weighted by Crippen LogP contribution is 2.34. The molecular formula is C13H23NO2. The molecule has 0 bridgehead atoms. The Morgan fingerprint density at radius 1 is 1.06 bits per heavy atom. The van der Waals surface area contributed by atoms with Gasteiger partial charge in [0, 0.05) is 18.6 Å². The fourth-order valence-electron chi connectivity index (χ4n) is 3.82. The zero-order chi connectivity index (χ0) is 11.0. The van der Waals surface area contributed by atoms with E-state index >= 15 is 0 Å². The molecule has 0 radical (unpaired) electrons. The van der Waals surface area contributed by atoms with Crippen LogP contribution in [0.3, 0.4) is 0 Å². The Balaban J connectivity index is 1.68. The molecule has 3 aliphatic rings. The molecule has 3 nitrogen and oxygen atoms in total. The highest BCUT2D eigenvalue weighted by atomic mass is 16.5. The zero-order valence-electron chi connectivity index (χ0n) is 9.98. The second-order valence-corrected chi connectivity index (χ2v) is 5.62. The molecule has 0 aromatic carbocycles. The Hall–Kier alpha value is -0.120. The van der Waals surface area contributed by atoms with Gasteiger partial charge in [0.1, 0.15) is 0 Å². The summed E-state index contributed by atoms with van der Waals surface area (Å²) in [5.41, 5.74) is 0. The van der Waals surface area contributed by atoms with E-state index in [1.54, 1.807) is 0 Å². The van der Waals surface area contributed by atoms with Crippen molar-refractivity contribution in [3.8, 4) is 0 Å². The smallest absolute Gasteiger partial charge is 0.0731 e. The molecular weight excluding hydrogens is 202 g/mol. The number of aliphatic hydroxyl groups excluding tert-OH is 1. The lowest BCUT2D eigenvalue weighted by Crippen LogP contribution is -2.55. The number of ether oxygens (including phenoxy) is 1. The highest BCUT2D eigenvalue weighted by Gasteiger charge is 2.39. The van der Waals surface area contributed by atoms with Crippen LogP contribution < -0.4 is 0 Å². The fraction of sp³-hybridized carbons (Fsp3) is 1.00. The lowest BCUT2D eigenvalue weighted by Gasteiger charge is -2.46. The van der Waals surface area contributed by atoms with Gasteiger partial charge >= 0.3 is 0 Å². The molecule has 3 rings (SSSR count). The van der Waals surface area contributed by atoms with E-state index in [0.717, 1.165) is 26.0 Å². The average Bonchev–Trinajstić information content (AvgIpc) is 2.75. The van der Waals surface area contributed by atoms with Crippen LogP contribution in [0.2, 0.25) is 0 Å². The number of hydrogen-bond donors (Lipinski definition) is 1. The van der Waals surface area contributed by atoms with E-state index < -0.39 is 0 Å². The lowest BCUT2D eigenvalue weighted by atomic mass is 9.89. The van der Waals surface area contributed by atoms with E-state index in [4.69, 9.17) is 4.74 Å². The highest BCUT2D eigenvalue weighted by molar-refractivity contribution is 4.93. The summed E-state index contributed by atoms with van der Waals surface area (Å²) in [6, 6.07) is 1.28. The van der Waals surface area contributed by atoms with Crippen LogP contribution in [0.25, 0.3) is 0 Å². The van der Waals surface area contributed by atoms with Gasteiger partial charge in [-0.2, -0.15) is 0 Å². The second kappa shape index (κ2) is 4.63. The van der Waals surface area contributed by atoms with Gasteiger partial charge in [-0.25, -0.2) is 0 Å². The summed E-state index contributed by atoms with van der Waals surface area (Å²) in [6.07, 6.45) is 8.86. The minimum atomic E-state index is -0.0464. The van der Waals surface area contributed by atoms with Crippen molar-refractivity contribution in [1.82, 2.24) is 4.90 Å². The molecule has 0 amide bonds. The number of hydrogen-bond acceptors (Lipinski definition) is 3. The van der Waals surface area contributed by atoms with E-state index in [1.165, 1.54) is 32.1 Å². The Labute approximate surface area is 97.8 Å². The summed E-state index contributed by atoms with van der Waals surface area (Å²) >= 11 is 0. The van der Waals surface area contributed by atoms with E-state index in [-0.39, 0.29) is 6.10 Å². The van der Waals surface area contributed by atoms with Gasteiger partial charge in [-0.05, 0) is 32.1 Å². The number of nitrogens with zero attached hydrogens (tertiary/aromatic N) is 1. The van der Waals surface area contributed by atoms with Crippen molar-refractivity contribution >= 4 is 0 Å². The molecule has 92 valence electrons. The van der Waals surface area contributed by atoms with Gasteiger partial charge in [0.25, 0.3) is 0 Å². The van der Waals surface area contributed by atoms with Crippen LogP contribution in [0.4, 0.5) is 0 Å². The topological polar surface area (TPSA) is 32.7 Å². The average molecular weight is 225 g/mol. The van der Waals surface area contributed by atoms with Gasteiger partial charge < -0.3 is 9.84 Å². The molecule has 0 aromatic rings. The summed E-state index contributed by atoms with van der Waals surface area (Å²) < 4.78 is 5.89. The molecule has 1 aliphatic heterocycles. The van der Waals surface area contributed by atoms with Crippen molar-refractivity contribution in [2.24, 2.45) is 0 Å². The third kappa shape index (κ3) is 2.01. The zero-order valence-corrected chi connectivity index (χ0v) is 9.98. The predicted molar refractivity (Wildman–Crippen MR) is 62.3 cm³/mol. The van der Waals surface area contributed by atoms with Gasteiger partial charge in [-0.15, -0.1) is 0 Å². The molecule has 0 aromatic heterocycles. The Morgan fingerprint density at radius 2 is 1.94 bits per heavy atom. The van der Waals surface area contributed by atoms with Gasteiger partial charge in [0.2, 0.25) is 0 Å². The first-order chi connectivity index (χ1) is 7.84. The minimum Gasteiger partial charge on any atom is -0.393 e. The second-order valence-electron chi connectivity index (χ2n) is 5.62. The maximum Gasteiger partial charge on any atom is 0.0731 e. The summed E-state index contributed by atoms with van der Waals surface area (Å²) in [5.74, 6) is 0. The summed E-state index contributed by atoms with van der Waals surface area (Å²) in [6.45, 7) is 1.98. The van der Waals surface area contributed by atoms with E-state index in [2.05, 4.69) is 4.90 Å². The maximum absolute atomic E-state index is 9.67. The monoisotopic (exact) mass is 225 g/mol. The summed E-state index contributed by atoms with van der Waals surface area (Å²) in [7, 11) is 0. The first-order valence-corrected chi connectivity index (χ1v) is 6.90. The van der Waals surface area contributed by atoms with Crippen molar-refractivity contribution in [1.29, 1.82) is 0 Å². The molecule has 16 heavy (non-hydrogen) atoms. The molecule has 0 spiro atoms. The van der Waals surface area contributed by atoms with Gasteiger partial charge in [-0.1, -0.05) is 12.8 Å². The van der Waals surface area contributed by atoms with E-state index in [9.17, 15) is 5.11 Å². The molecule has 1 heterocycles. The standard InChI is InChI=1S/C13H23NO2/c15-11-6-5-10(9-11)14-7-8-16-13-4-2-1-3-12(13)14/h10-13,15H,1-9H2. The molecule has 1 N–H and O–H groups in total. The molecule has 4 atom stereocenters. The molecule has 3 heteroatoms. The van der Waals surface area contributed by atoms with Crippen LogP contribution in [0.1, 0.15) is 44.9 Å². The van der Waals surface area contributed by atoms with Crippen molar-refractivity contribution in [3.63, 3.8) is 0 Å². The van der Waals surface area contributed by atoms with Crippen LogP contribution in [0.5, 0.6) is 0 Å². The molecule has 4 unspecified atom stereocenters. The first-order valence-electron chi connectivity index (χ1n) is 6.90. The summed E-state index contributed by atoms with van der Waals surface area (Å²) in [5, 5.41) is 9.67. The normalized spacial score (nSPS) is 45.6. The van der Waals surface area contributed by atoms with Crippen molar-refractivity contribution in [2.45, 2.75) is 69.2 Å². The Morgan fingerprint density at radius 3 is 2.75 bits per heavy atom. The van der Waals surface area contributed by atoms with Crippen LogP contribution in [-0.2, 0) is 4.74 Å². The van der Waals surface area contributed by atoms with E-state index in [1.807, 2.05) is 0 Å². The maximum atomic E-state index is 9.67. The largest absolute Gasteiger partial charge is 0.393 e. The number of fused-ring (bicyclic) bond motifs is 1. The molecule has 1 saturated heterocycles. The van der Waals surface area contributed by atoms with Crippen LogP contribution >= 0.6 is 0 Å². The quantitative estimate of drug-likeness (QED) is 0.735. The summed E-state index contributed by atoms with van der Waals surface area (Å²) in [4.78, 5) is 2.66. The third-order valence-electron chi connectivity index (χ3n) is 4.62. The molecule has 2 aliphatic carbocycles. The van der Waals surface area contributed by atoms with Gasteiger partial charge in [0.05, 0.1) is 18.8 Å². The minimum absolute atomic E-state index is 0.0464. The van der Waals surface area contributed by atoms with E-state index in [0.29, 0.717) is 18.2 Å². The van der Waals surface area contributed by atoms with Crippen LogP contribution in [-0.4, -0.2) is 47.4 Å². The van der Waals surface area contributed by atoms with Gasteiger partial charge in [0.15, 0.2) is 0 Å². The molecule has 3 fully saturated rings. The Bertz CT molecular complexity index is 244. The number of aliphatic hydroxyl groups is 1. The first kappa shape index (κ1) is 11.0. The number of rotatable bonds is 1. The number of morpholine rings is 1. The Kier molecular flexibility index (Phi) is 3.18. The predicted octanol–water partition coefficient (Wildman–Crippen LogP) is 1.54. The van der Waals surface area contributed by atoms with Crippen molar-refractivity contribution in [2.75, 3.05) is 13.2 Å².